The molecule has 1 aromatic heterocycles. The monoisotopic (exact) mass is 440 g/mol. The number of hydrogen-bond acceptors (Lipinski definition) is 4. The first-order chi connectivity index (χ1) is 15.9. The molecule has 1 aliphatic heterocycles. The Morgan fingerprint density at radius 3 is 2.76 bits per heavy atom. The fraction of sp³-hybridized carbons (Fsp3) is 0.308. The van der Waals surface area contributed by atoms with Crippen molar-refractivity contribution in [2.75, 3.05) is 6.54 Å². The molecule has 1 fully saturated rings. The highest BCUT2D eigenvalue weighted by Crippen LogP contribution is 2.33. The summed E-state index contributed by atoms with van der Waals surface area (Å²) in [5, 5.41) is 12.5. The van der Waals surface area contributed by atoms with Crippen LogP contribution in [0.1, 0.15) is 46.8 Å². The van der Waals surface area contributed by atoms with Crippen molar-refractivity contribution in [1.29, 1.82) is 5.26 Å². The smallest absolute Gasteiger partial charge is 0.325 e. The number of aryl methyl sites for hydroxylation is 3. The van der Waals surface area contributed by atoms with Crippen LogP contribution >= 0.6 is 0 Å². The first-order valence-corrected chi connectivity index (χ1v) is 11.2. The number of urea groups is 1. The molecule has 3 aromatic rings. The van der Waals surface area contributed by atoms with Crippen LogP contribution in [-0.4, -0.2) is 33.7 Å². The van der Waals surface area contributed by atoms with E-state index in [9.17, 15) is 14.4 Å². The number of para-hydroxylation sites is 1. The highest BCUT2D eigenvalue weighted by atomic mass is 16.2. The number of carbonyl (C=O) groups is 3. The molecular weight excluding hydrogens is 416 g/mol. The van der Waals surface area contributed by atoms with Crippen molar-refractivity contribution in [3.63, 3.8) is 0 Å². The van der Waals surface area contributed by atoms with Gasteiger partial charge in [0.25, 0.3) is 5.91 Å². The Kier molecular flexibility index (Phi) is 5.01. The molecule has 7 heteroatoms. The number of carbonyl (C=O) groups excluding carboxylic acids is 3. The molecule has 0 radical (unpaired) electrons. The zero-order valence-corrected chi connectivity index (χ0v) is 18.4. The van der Waals surface area contributed by atoms with E-state index in [0.717, 1.165) is 40.6 Å². The van der Waals surface area contributed by atoms with Crippen LogP contribution in [-0.2, 0) is 29.7 Å². The Bertz CT molecular complexity index is 1350. The van der Waals surface area contributed by atoms with Crippen LogP contribution in [0.4, 0.5) is 4.79 Å². The van der Waals surface area contributed by atoms with Gasteiger partial charge >= 0.3 is 6.03 Å². The highest BCUT2D eigenvalue weighted by Gasteiger charge is 2.49. The quantitative estimate of drug-likeness (QED) is 0.467. The summed E-state index contributed by atoms with van der Waals surface area (Å²) in [4.78, 5) is 40.4. The van der Waals surface area contributed by atoms with E-state index in [2.05, 4.69) is 11.4 Å². The van der Waals surface area contributed by atoms with Crippen molar-refractivity contribution in [2.45, 2.75) is 44.7 Å². The minimum absolute atomic E-state index is 0.316. The van der Waals surface area contributed by atoms with Crippen molar-refractivity contribution in [2.24, 2.45) is 0 Å². The number of imide groups is 1. The second kappa shape index (κ2) is 7.89. The number of hydrogen-bond donors (Lipinski definition) is 1. The standard InChI is InChI=1S/C26H24N4O3/c1-26(19-11-10-17-6-4-7-18(17)14-19)24(32)30(25(33)28-26)16-23(31)21-15-29(13-5-12-27)22-9-3-2-8-20(21)22/h2-3,8-11,14-15H,4-7,13,16H2,1H3,(H,28,33). The molecule has 2 aromatic carbocycles. The van der Waals surface area contributed by atoms with Crippen molar-refractivity contribution < 1.29 is 14.4 Å². The third-order valence-electron chi connectivity index (χ3n) is 6.81. The van der Waals surface area contributed by atoms with Gasteiger partial charge in [-0.1, -0.05) is 36.4 Å². The first kappa shape index (κ1) is 21.0. The molecule has 5 rings (SSSR count). The van der Waals surface area contributed by atoms with Crippen LogP contribution in [0.3, 0.4) is 0 Å². The minimum atomic E-state index is -1.20. The van der Waals surface area contributed by atoms with Crippen LogP contribution < -0.4 is 5.32 Å². The number of ketones is 1. The van der Waals surface area contributed by atoms with Gasteiger partial charge in [-0.15, -0.1) is 0 Å². The summed E-state index contributed by atoms with van der Waals surface area (Å²) in [6, 6.07) is 14.9. The third kappa shape index (κ3) is 3.39. The van der Waals surface area contributed by atoms with Crippen molar-refractivity contribution in [3.05, 3.63) is 70.9 Å². The molecule has 0 spiro atoms. The van der Waals surface area contributed by atoms with E-state index in [1.165, 1.54) is 11.1 Å². The zero-order chi connectivity index (χ0) is 23.2. The van der Waals surface area contributed by atoms with Crippen LogP contribution in [0.2, 0.25) is 0 Å². The molecule has 1 N–H and O–H groups in total. The summed E-state index contributed by atoms with van der Waals surface area (Å²) in [7, 11) is 0. The number of nitriles is 1. The van der Waals surface area contributed by atoms with Gasteiger partial charge < -0.3 is 9.88 Å². The summed E-state index contributed by atoms with van der Waals surface area (Å²) < 4.78 is 1.87. The molecule has 1 saturated heterocycles. The SMILES string of the molecule is CC1(c2ccc3c(c2)CCC3)NC(=O)N(CC(=O)c2cn(CCC#N)c3ccccc23)C1=O. The highest BCUT2D eigenvalue weighted by molar-refractivity contribution is 6.14. The Morgan fingerprint density at radius 2 is 1.94 bits per heavy atom. The number of rotatable bonds is 6. The summed E-state index contributed by atoms with van der Waals surface area (Å²) in [6.45, 7) is 1.82. The molecule has 2 aliphatic rings. The van der Waals surface area contributed by atoms with E-state index in [-0.39, 0.29) is 12.3 Å². The lowest BCUT2D eigenvalue weighted by atomic mass is 9.89. The number of benzene rings is 2. The van der Waals surface area contributed by atoms with Crippen LogP contribution in [0.15, 0.2) is 48.7 Å². The molecule has 1 aliphatic carbocycles. The summed E-state index contributed by atoms with van der Waals surface area (Å²) in [6.07, 6.45) is 5.13. The lowest BCUT2D eigenvalue weighted by molar-refractivity contribution is -0.130. The maximum absolute atomic E-state index is 13.4. The fourth-order valence-electron chi connectivity index (χ4n) is 4.97. The molecule has 3 amide bonds. The molecule has 1 unspecified atom stereocenters. The maximum Gasteiger partial charge on any atom is 0.325 e. The molecule has 166 valence electrons. The van der Waals surface area contributed by atoms with E-state index >= 15 is 0 Å². The number of amides is 3. The van der Waals surface area contributed by atoms with Crippen molar-refractivity contribution >= 4 is 28.6 Å². The van der Waals surface area contributed by atoms with Crippen LogP contribution in [0.5, 0.6) is 0 Å². The van der Waals surface area contributed by atoms with Gasteiger partial charge in [-0.05, 0) is 48.9 Å². The molecule has 0 bridgehead atoms. The lowest BCUT2D eigenvalue weighted by Gasteiger charge is -2.23. The fourth-order valence-corrected chi connectivity index (χ4v) is 4.97. The van der Waals surface area contributed by atoms with E-state index in [1.807, 2.05) is 47.0 Å². The Hall–Kier alpha value is -3.92. The van der Waals surface area contributed by atoms with Gasteiger partial charge in [-0.2, -0.15) is 5.26 Å². The Labute approximate surface area is 191 Å². The largest absolute Gasteiger partial charge is 0.346 e. The normalized spacial score (nSPS) is 19.6. The molecule has 2 heterocycles. The lowest BCUT2D eigenvalue weighted by Crippen LogP contribution is -2.41. The summed E-state index contributed by atoms with van der Waals surface area (Å²) >= 11 is 0. The molecule has 0 saturated carbocycles. The maximum atomic E-state index is 13.4. The van der Waals surface area contributed by atoms with Gasteiger partial charge in [-0.25, -0.2) is 4.79 Å². The topological polar surface area (TPSA) is 95.2 Å². The van der Waals surface area contributed by atoms with Gasteiger partial charge in [0.05, 0.1) is 19.0 Å². The second-order valence-corrected chi connectivity index (χ2v) is 8.87. The predicted octanol–water partition coefficient (Wildman–Crippen LogP) is 3.69. The number of fused-ring (bicyclic) bond motifs is 2. The van der Waals surface area contributed by atoms with Gasteiger partial charge in [0.2, 0.25) is 0 Å². The molecule has 7 nitrogen and oxygen atoms in total. The van der Waals surface area contributed by atoms with Crippen LogP contribution in [0, 0.1) is 11.3 Å². The number of nitrogens with one attached hydrogen (secondary N) is 1. The minimum Gasteiger partial charge on any atom is -0.346 e. The molecular formula is C26H24N4O3. The van der Waals surface area contributed by atoms with E-state index in [4.69, 9.17) is 5.26 Å². The predicted molar refractivity (Wildman–Crippen MR) is 123 cm³/mol. The van der Waals surface area contributed by atoms with Crippen molar-refractivity contribution in [3.8, 4) is 6.07 Å². The van der Waals surface area contributed by atoms with E-state index in [1.54, 1.807) is 13.1 Å². The Balaban J connectivity index is 1.42. The van der Waals surface area contributed by atoms with Gasteiger partial charge in [0.15, 0.2) is 5.78 Å². The Morgan fingerprint density at radius 1 is 1.15 bits per heavy atom. The summed E-state index contributed by atoms with van der Waals surface area (Å²) in [5.41, 5.74) is 3.33. The number of aromatic nitrogens is 1. The van der Waals surface area contributed by atoms with Crippen molar-refractivity contribution in [1.82, 2.24) is 14.8 Å². The van der Waals surface area contributed by atoms with Gasteiger partial charge in [0, 0.05) is 29.2 Å². The van der Waals surface area contributed by atoms with E-state index < -0.39 is 17.5 Å². The average Bonchev–Trinajstić information content (AvgIpc) is 3.49. The van der Waals surface area contributed by atoms with Gasteiger partial charge in [-0.3, -0.25) is 14.5 Å². The summed E-state index contributed by atoms with van der Waals surface area (Å²) in [5.74, 6) is -0.740. The molecule has 33 heavy (non-hydrogen) atoms. The number of Topliss-reactive ketones (excluding diaryl/α,β-unsaturated/α-hetero) is 1. The average molecular weight is 441 g/mol. The van der Waals surface area contributed by atoms with Crippen LogP contribution in [0.25, 0.3) is 10.9 Å². The number of nitrogens with zero attached hydrogens (tertiary/aromatic N) is 3. The first-order valence-electron chi connectivity index (χ1n) is 11.2. The van der Waals surface area contributed by atoms with E-state index in [0.29, 0.717) is 18.5 Å². The second-order valence-electron chi connectivity index (χ2n) is 8.87. The third-order valence-corrected chi connectivity index (χ3v) is 6.81. The van der Waals surface area contributed by atoms with Gasteiger partial charge in [0.1, 0.15) is 5.54 Å². The molecule has 1 atom stereocenters. The zero-order valence-electron chi connectivity index (χ0n) is 18.4.